The van der Waals surface area contributed by atoms with Gasteiger partial charge in [0, 0.05) is 19.3 Å². The van der Waals surface area contributed by atoms with Crippen LogP contribution in [0.2, 0.25) is 0 Å². The zero-order chi connectivity index (χ0) is 59.8. The second-order valence-corrected chi connectivity index (χ2v) is 21.2. The summed E-state index contributed by atoms with van der Waals surface area (Å²) in [4.78, 5) is 48.7. The van der Waals surface area contributed by atoms with Gasteiger partial charge in [-0.2, -0.15) is 0 Å². The zero-order valence-corrected chi connectivity index (χ0v) is 51.8. The van der Waals surface area contributed by atoms with Crippen LogP contribution >= 0.6 is 7.82 Å². The van der Waals surface area contributed by atoms with Gasteiger partial charge in [0.25, 0.3) is 0 Å². The average Bonchev–Trinajstić information content (AvgIpc) is 3.47. The largest absolute Gasteiger partial charge is 0.472 e. The van der Waals surface area contributed by atoms with E-state index in [1.807, 2.05) is 12.2 Å². The highest BCUT2D eigenvalue weighted by Crippen LogP contribution is 2.43. The molecule has 0 bridgehead atoms. The fourth-order valence-electron chi connectivity index (χ4n) is 7.54. The molecule has 0 aliphatic rings. The summed E-state index contributed by atoms with van der Waals surface area (Å²) in [6, 6.07) is 0. The number of aliphatic hydroxyl groups is 1. The number of phosphoric ester groups is 1. The molecular weight excluding hydrogens is 1050 g/mol. The molecule has 0 saturated carbocycles. The van der Waals surface area contributed by atoms with Crippen LogP contribution in [0.15, 0.2) is 170 Å². The summed E-state index contributed by atoms with van der Waals surface area (Å²) in [5.74, 6) is -1.64. The third-order valence-electron chi connectivity index (χ3n) is 12.1. The summed E-state index contributed by atoms with van der Waals surface area (Å²) >= 11 is 0. The number of aliphatic hydroxyl groups excluding tert-OH is 1. The fourth-order valence-corrected chi connectivity index (χ4v) is 8.32. The van der Waals surface area contributed by atoms with E-state index in [1.54, 1.807) is 0 Å². The van der Waals surface area contributed by atoms with E-state index in [0.29, 0.717) is 19.3 Å². The Morgan fingerprint density at radius 2 is 0.622 bits per heavy atom. The molecule has 0 aliphatic carbocycles. The summed E-state index contributed by atoms with van der Waals surface area (Å²) in [6.45, 7) is 4.16. The normalized spacial score (nSPS) is 14.5. The molecule has 0 aromatic carbocycles. The molecule has 12 heteroatoms. The number of hydrogen-bond donors (Lipinski definition) is 2. The first-order chi connectivity index (χ1) is 40.2. The Morgan fingerprint density at radius 3 is 0.976 bits per heavy atom. The van der Waals surface area contributed by atoms with Crippen LogP contribution in [0.4, 0.5) is 0 Å². The van der Waals surface area contributed by atoms with E-state index in [2.05, 4.69) is 179 Å². The molecule has 460 valence electrons. The highest BCUT2D eigenvalue weighted by Gasteiger charge is 2.28. The van der Waals surface area contributed by atoms with Crippen molar-refractivity contribution in [2.45, 2.75) is 226 Å². The number of allylic oxidation sites excluding steroid dienone is 28. The number of carbonyl (C=O) groups is 3. The predicted octanol–water partition coefficient (Wildman–Crippen LogP) is 19.0. The van der Waals surface area contributed by atoms with Crippen LogP contribution in [0.5, 0.6) is 0 Å². The van der Waals surface area contributed by atoms with Crippen LogP contribution in [-0.2, 0) is 42.2 Å². The van der Waals surface area contributed by atoms with Crippen molar-refractivity contribution in [1.82, 2.24) is 0 Å². The highest BCUT2D eigenvalue weighted by molar-refractivity contribution is 7.47. The Bertz CT molecular complexity index is 2030. The Balaban J connectivity index is 4.91. The Morgan fingerprint density at radius 1 is 0.341 bits per heavy atom. The van der Waals surface area contributed by atoms with Crippen molar-refractivity contribution in [1.29, 1.82) is 0 Å². The first kappa shape index (κ1) is 76.8. The van der Waals surface area contributed by atoms with Crippen molar-refractivity contribution in [3.63, 3.8) is 0 Å². The quantitative estimate of drug-likeness (QED) is 0.0197. The number of carbonyl (C=O) groups excluding carboxylic acids is 3. The summed E-state index contributed by atoms with van der Waals surface area (Å²) < 4.78 is 39.5. The first-order valence-corrected chi connectivity index (χ1v) is 32.5. The minimum Gasteiger partial charge on any atom is -0.462 e. The molecule has 11 nitrogen and oxygen atoms in total. The lowest BCUT2D eigenvalue weighted by Crippen LogP contribution is -2.30. The Kier molecular flexibility index (Phi) is 58.0. The molecule has 0 aromatic heterocycles. The number of esters is 3. The van der Waals surface area contributed by atoms with Crippen LogP contribution in [0, 0.1) is 0 Å². The third-order valence-corrected chi connectivity index (χ3v) is 13.1. The van der Waals surface area contributed by atoms with E-state index in [0.717, 1.165) is 148 Å². The lowest BCUT2D eigenvalue weighted by atomic mass is 10.1. The molecule has 2 N–H and O–H groups in total. The molecule has 0 saturated heterocycles. The second-order valence-electron chi connectivity index (χ2n) is 19.7. The highest BCUT2D eigenvalue weighted by atomic mass is 31.2. The summed E-state index contributed by atoms with van der Waals surface area (Å²) in [7, 11) is -4.80. The van der Waals surface area contributed by atoms with Crippen molar-refractivity contribution < 1.29 is 52.2 Å². The number of ether oxygens (including phenoxy) is 3. The van der Waals surface area contributed by atoms with Crippen molar-refractivity contribution in [2.24, 2.45) is 0 Å². The van der Waals surface area contributed by atoms with E-state index in [4.69, 9.17) is 23.3 Å². The van der Waals surface area contributed by atoms with Crippen LogP contribution in [-0.4, -0.2) is 66.5 Å². The Labute approximate surface area is 497 Å². The van der Waals surface area contributed by atoms with Gasteiger partial charge in [0.05, 0.1) is 19.8 Å². The molecular formula is C70H109O11P. The molecule has 0 amide bonds. The molecule has 0 aromatic rings. The molecule has 0 aliphatic heterocycles. The van der Waals surface area contributed by atoms with Crippen LogP contribution < -0.4 is 0 Å². The molecule has 0 fully saturated rings. The number of unbranched alkanes of at least 4 members (excludes halogenated alkanes) is 10. The molecule has 0 rings (SSSR count). The van der Waals surface area contributed by atoms with Crippen LogP contribution in [0.3, 0.4) is 0 Å². The SMILES string of the molecule is CC/C=C\C/C=C\C/C=C\C/C=C\C/C=C\C/C=C\CCC(=O)OCC(COP(=O)(O)OCC(CO)OC(=O)CCCCCCCCC/C=C\C/C=C\C/C=C\CC)OC(=O)CCCCC/C=C\C/C=C\C/C=C\C/C=C\C/C=C\CC. The van der Waals surface area contributed by atoms with E-state index in [9.17, 15) is 28.9 Å². The van der Waals surface area contributed by atoms with E-state index >= 15 is 0 Å². The first-order valence-electron chi connectivity index (χ1n) is 31.0. The number of hydrogen-bond acceptors (Lipinski definition) is 10. The third kappa shape index (κ3) is 59.5. The van der Waals surface area contributed by atoms with Crippen molar-refractivity contribution in [3.8, 4) is 0 Å². The second kappa shape index (κ2) is 61.9. The van der Waals surface area contributed by atoms with Crippen LogP contribution in [0.1, 0.15) is 213 Å². The van der Waals surface area contributed by atoms with Crippen molar-refractivity contribution in [3.05, 3.63) is 170 Å². The van der Waals surface area contributed by atoms with Gasteiger partial charge in [0.15, 0.2) is 6.10 Å². The molecule has 0 spiro atoms. The van der Waals surface area contributed by atoms with Gasteiger partial charge < -0.3 is 24.2 Å². The fraction of sp³-hybridized carbons (Fsp3) is 0.557. The van der Waals surface area contributed by atoms with Gasteiger partial charge in [-0.1, -0.05) is 229 Å². The minimum absolute atomic E-state index is 0.0829. The van der Waals surface area contributed by atoms with Gasteiger partial charge in [0.1, 0.15) is 12.7 Å². The maximum atomic E-state index is 12.9. The number of phosphoric acid groups is 1. The molecule has 82 heavy (non-hydrogen) atoms. The van der Waals surface area contributed by atoms with E-state index in [-0.39, 0.29) is 19.3 Å². The average molecular weight is 1160 g/mol. The van der Waals surface area contributed by atoms with Crippen molar-refractivity contribution >= 4 is 25.7 Å². The van der Waals surface area contributed by atoms with Gasteiger partial charge in [0.2, 0.25) is 0 Å². The topological polar surface area (TPSA) is 155 Å². The van der Waals surface area contributed by atoms with E-state index < -0.39 is 64.4 Å². The Hall–Kier alpha value is -5.16. The van der Waals surface area contributed by atoms with Gasteiger partial charge in [-0.3, -0.25) is 23.4 Å². The molecule has 0 radical (unpaired) electrons. The maximum Gasteiger partial charge on any atom is 0.472 e. The molecule has 0 heterocycles. The summed E-state index contributed by atoms with van der Waals surface area (Å²) in [6.07, 6.45) is 83.2. The molecule has 3 unspecified atom stereocenters. The smallest absolute Gasteiger partial charge is 0.462 e. The van der Waals surface area contributed by atoms with Gasteiger partial charge in [-0.25, -0.2) is 4.57 Å². The van der Waals surface area contributed by atoms with Gasteiger partial charge in [-0.15, -0.1) is 0 Å². The zero-order valence-electron chi connectivity index (χ0n) is 50.9. The van der Waals surface area contributed by atoms with Crippen molar-refractivity contribution in [2.75, 3.05) is 26.4 Å². The maximum absolute atomic E-state index is 12.9. The minimum atomic E-state index is -4.80. The number of rotatable bonds is 55. The molecule has 3 atom stereocenters. The summed E-state index contributed by atoms with van der Waals surface area (Å²) in [5, 5.41) is 9.85. The predicted molar refractivity (Wildman–Crippen MR) is 343 cm³/mol. The lowest BCUT2D eigenvalue weighted by Gasteiger charge is -2.21. The lowest BCUT2D eigenvalue weighted by molar-refractivity contribution is -0.161. The summed E-state index contributed by atoms with van der Waals surface area (Å²) in [5.41, 5.74) is 0. The standard InChI is InChI=1S/C70H109O11P/c1-4-7-10-13-16-19-22-25-28-31-33-36-38-41-44-47-50-53-56-59-68(72)77-63-67(81-70(74)61-58-55-52-49-46-43-40-37-34-32-29-26-23-20-17-14-11-8-5-2)65-79-82(75,76)78-64-66(62-71)80-69(73)60-57-54-51-48-45-42-39-35-30-27-24-21-18-15-12-9-6-3/h7-12,16-21,25-30,33-34,36-37,41,43-44,46,50,53,66-67,71H,4-6,13-15,22-24,31-32,35,38-40,42,45,47-49,51-52,54-65H2,1-3H3,(H,75,76)/b10-7-,11-8-,12-9-,19-16-,20-17-,21-18-,28-25-,29-26-,30-27-,36-33-,37-34-,44-41-,46-43-,53-50-. The monoisotopic (exact) mass is 1160 g/mol. The van der Waals surface area contributed by atoms with Crippen LogP contribution in [0.25, 0.3) is 0 Å². The van der Waals surface area contributed by atoms with Gasteiger partial charge >= 0.3 is 25.7 Å². The van der Waals surface area contributed by atoms with E-state index in [1.165, 1.54) is 6.42 Å². The van der Waals surface area contributed by atoms with Gasteiger partial charge in [-0.05, 0) is 135 Å².